The minimum absolute atomic E-state index is 0.0567. The lowest BCUT2D eigenvalue weighted by Gasteiger charge is -2.36. The molecule has 0 saturated heterocycles. The molecule has 0 bridgehead atoms. The zero-order valence-corrected chi connectivity index (χ0v) is 32.9. The Hall–Kier alpha value is -2.85. The summed E-state index contributed by atoms with van der Waals surface area (Å²) in [5.41, 5.74) is 3.05. The van der Waals surface area contributed by atoms with E-state index in [0.29, 0.717) is 18.3 Å². The lowest BCUT2D eigenvalue weighted by atomic mass is 9.66. The maximum atomic E-state index is 12.2. The standard InChI is InChI=1S/C15H21BrO.C12H16O.C9H10O.3C2H6/c1-12(2)15(13(3)17,10-7-11-16)14-8-5-4-6-9-14;1-9(2)12(10(3)13)11-7-5-4-6-8-11;1-8(10)7-9-5-3-2-4-6-9;3*1-2/h4-6,8-9,12H,7,10-11H2,1-3H3;4-9,12H,1-3H3;2-6H,7H2,1H3;3*1-2H3. The molecule has 0 aliphatic carbocycles. The van der Waals surface area contributed by atoms with Crippen molar-refractivity contribution in [2.24, 2.45) is 11.8 Å². The number of halogens is 1. The van der Waals surface area contributed by atoms with Gasteiger partial charge in [-0.15, -0.1) is 0 Å². The SMILES string of the molecule is CC.CC.CC.CC(=O)C(CCCBr)(c1ccccc1)C(C)C.CC(=O)C(c1ccccc1)C(C)C.CC(=O)Cc1ccccc1. The van der Waals surface area contributed by atoms with Gasteiger partial charge in [-0.2, -0.15) is 0 Å². The lowest BCUT2D eigenvalue weighted by Crippen LogP contribution is -2.39. The van der Waals surface area contributed by atoms with Crippen LogP contribution in [0.4, 0.5) is 0 Å². The van der Waals surface area contributed by atoms with E-state index in [2.05, 4.69) is 55.8 Å². The molecular formula is C42H65BrO3. The molecule has 0 N–H and O–H groups in total. The van der Waals surface area contributed by atoms with Gasteiger partial charge in [-0.05, 0) is 62.1 Å². The molecule has 0 aromatic heterocycles. The van der Waals surface area contributed by atoms with Crippen molar-refractivity contribution < 1.29 is 14.4 Å². The molecule has 3 aromatic carbocycles. The molecule has 2 unspecified atom stereocenters. The first-order valence-electron chi connectivity index (χ1n) is 17.2. The smallest absolute Gasteiger partial charge is 0.140 e. The molecular weight excluding hydrogens is 632 g/mol. The van der Waals surface area contributed by atoms with Gasteiger partial charge >= 0.3 is 0 Å². The maximum absolute atomic E-state index is 12.2. The second-order valence-corrected chi connectivity index (χ2v) is 11.7. The highest BCUT2D eigenvalue weighted by Gasteiger charge is 2.39. The Morgan fingerprint density at radius 3 is 1.39 bits per heavy atom. The van der Waals surface area contributed by atoms with E-state index in [1.54, 1.807) is 20.8 Å². The molecule has 0 spiro atoms. The highest BCUT2D eigenvalue weighted by Crippen LogP contribution is 2.38. The van der Waals surface area contributed by atoms with Crippen LogP contribution in [0.25, 0.3) is 0 Å². The van der Waals surface area contributed by atoms with E-state index in [1.165, 1.54) is 0 Å². The topological polar surface area (TPSA) is 51.2 Å². The first-order chi connectivity index (χ1) is 22.0. The molecule has 46 heavy (non-hydrogen) atoms. The van der Waals surface area contributed by atoms with Crippen LogP contribution in [0.5, 0.6) is 0 Å². The summed E-state index contributed by atoms with van der Waals surface area (Å²) in [5, 5.41) is 0.946. The van der Waals surface area contributed by atoms with Crippen molar-refractivity contribution in [2.45, 2.75) is 121 Å². The number of ketones is 3. The number of Topliss-reactive ketones (excluding diaryl/α,β-unsaturated/α-hetero) is 3. The van der Waals surface area contributed by atoms with E-state index < -0.39 is 0 Å². The van der Waals surface area contributed by atoms with E-state index in [-0.39, 0.29) is 28.7 Å². The summed E-state index contributed by atoms with van der Waals surface area (Å²) in [4.78, 5) is 34.2. The molecule has 0 heterocycles. The Bertz CT molecular complexity index is 1140. The number of rotatable bonds is 11. The van der Waals surface area contributed by atoms with Crippen molar-refractivity contribution in [1.82, 2.24) is 0 Å². The van der Waals surface area contributed by atoms with Gasteiger partial charge in [0.25, 0.3) is 0 Å². The van der Waals surface area contributed by atoms with Crippen LogP contribution in [0.3, 0.4) is 0 Å². The van der Waals surface area contributed by atoms with Crippen molar-refractivity contribution in [2.75, 3.05) is 5.33 Å². The van der Waals surface area contributed by atoms with Crippen molar-refractivity contribution in [3.05, 3.63) is 108 Å². The van der Waals surface area contributed by atoms with Crippen molar-refractivity contribution in [1.29, 1.82) is 0 Å². The van der Waals surface area contributed by atoms with Gasteiger partial charge in [-0.25, -0.2) is 0 Å². The van der Waals surface area contributed by atoms with Gasteiger partial charge < -0.3 is 0 Å². The number of alkyl halides is 1. The minimum atomic E-state index is -0.324. The molecule has 0 aliphatic rings. The van der Waals surface area contributed by atoms with E-state index in [4.69, 9.17) is 0 Å². The fraction of sp³-hybridized carbons (Fsp3) is 0.500. The average molecular weight is 698 g/mol. The zero-order valence-electron chi connectivity index (χ0n) is 31.3. The van der Waals surface area contributed by atoms with Crippen LogP contribution in [0.1, 0.15) is 125 Å². The van der Waals surface area contributed by atoms with Crippen molar-refractivity contribution in [3.63, 3.8) is 0 Å². The molecule has 0 radical (unpaired) electrons. The van der Waals surface area contributed by atoms with E-state index >= 15 is 0 Å². The number of carbonyl (C=O) groups is 3. The molecule has 0 amide bonds. The summed E-state index contributed by atoms with van der Waals surface area (Å²) in [6.07, 6.45) is 2.49. The van der Waals surface area contributed by atoms with Crippen molar-refractivity contribution >= 4 is 33.3 Å². The second-order valence-electron chi connectivity index (χ2n) is 10.9. The van der Waals surface area contributed by atoms with Crippen LogP contribution < -0.4 is 0 Å². The number of benzene rings is 3. The first kappa shape index (κ1) is 47.6. The summed E-state index contributed by atoms with van der Waals surface area (Å²) in [5.74, 6) is 1.50. The van der Waals surface area contributed by atoms with Crippen LogP contribution >= 0.6 is 15.9 Å². The zero-order chi connectivity index (χ0) is 36.1. The average Bonchev–Trinajstić information content (AvgIpc) is 3.05. The predicted molar refractivity (Wildman–Crippen MR) is 206 cm³/mol. The van der Waals surface area contributed by atoms with Gasteiger partial charge in [0.1, 0.15) is 17.3 Å². The van der Waals surface area contributed by atoms with Crippen LogP contribution in [0.15, 0.2) is 91.0 Å². The Balaban J connectivity index is -0.000000570. The first-order valence-corrected chi connectivity index (χ1v) is 18.3. The molecule has 3 nitrogen and oxygen atoms in total. The Morgan fingerprint density at radius 1 is 0.652 bits per heavy atom. The summed E-state index contributed by atoms with van der Waals surface area (Å²) in [6.45, 7) is 25.4. The van der Waals surface area contributed by atoms with Gasteiger partial charge in [0, 0.05) is 17.7 Å². The van der Waals surface area contributed by atoms with Gasteiger partial charge in [-0.1, -0.05) is 176 Å². The van der Waals surface area contributed by atoms with Crippen LogP contribution in [0.2, 0.25) is 0 Å². The quantitative estimate of drug-likeness (QED) is 0.187. The Kier molecular flexibility index (Phi) is 30.5. The number of carbonyl (C=O) groups excluding carboxylic acids is 3. The third kappa shape index (κ3) is 18.3. The normalized spacial score (nSPS) is 11.5. The molecule has 0 aliphatic heterocycles. The maximum Gasteiger partial charge on any atom is 0.140 e. The molecule has 0 fully saturated rings. The molecule has 3 aromatic rings. The van der Waals surface area contributed by atoms with Crippen LogP contribution in [0, 0.1) is 11.8 Å². The van der Waals surface area contributed by atoms with Gasteiger partial charge in [0.2, 0.25) is 0 Å². The summed E-state index contributed by atoms with van der Waals surface area (Å²) in [7, 11) is 0. The van der Waals surface area contributed by atoms with Crippen LogP contribution in [-0.4, -0.2) is 22.7 Å². The summed E-state index contributed by atoms with van der Waals surface area (Å²) in [6, 6.07) is 29.9. The fourth-order valence-corrected chi connectivity index (χ4v) is 5.55. The lowest BCUT2D eigenvalue weighted by molar-refractivity contribution is -0.124. The second kappa shape index (κ2) is 29.5. The van der Waals surface area contributed by atoms with E-state index in [9.17, 15) is 14.4 Å². The minimum Gasteiger partial charge on any atom is -0.300 e. The fourth-order valence-electron chi connectivity index (χ4n) is 5.27. The number of hydrogen-bond donors (Lipinski definition) is 0. The van der Waals surface area contributed by atoms with Gasteiger partial charge in [0.15, 0.2) is 0 Å². The highest BCUT2D eigenvalue weighted by molar-refractivity contribution is 9.09. The molecule has 0 saturated carbocycles. The summed E-state index contributed by atoms with van der Waals surface area (Å²) < 4.78 is 0. The molecule has 3 rings (SSSR count). The Labute approximate surface area is 292 Å². The van der Waals surface area contributed by atoms with E-state index in [0.717, 1.165) is 34.9 Å². The summed E-state index contributed by atoms with van der Waals surface area (Å²) >= 11 is 3.46. The monoisotopic (exact) mass is 696 g/mol. The largest absolute Gasteiger partial charge is 0.300 e. The van der Waals surface area contributed by atoms with Crippen LogP contribution in [-0.2, 0) is 26.2 Å². The van der Waals surface area contributed by atoms with E-state index in [1.807, 2.05) is 120 Å². The highest BCUT2D eigenvalue weighted by atomic mass is 79.9. The Morgan fingerprint density at radius 2 is 1.07 bits per heavy atom. The molecule has 258 valence electrons. The predicted octanol–water partition coefficient (Wildman–Crippen LogP) is 12.3. The van der Waals surface area contributed by atoms with Gasteiger partial charge in [0.05, 0.1) is 5.41 Å². The third-order valence-electron chi connectivity index (χ3n) is 7.17. The van der Waals surface area contributed by atoms with Gasteiger partial charge in [-0.3, -0.25) is 14.4 Å². The van der Waals surface area contributed by atoms with Crippen molar-refractivity contribution in [3.8, 4) is 0 Å². The molecule has 4 heteroatoms. The third-order valence-corrected chi connectivity index (χ3v) is 7.73. The molecule has 2 atom stereocenters. The number of hydrogen-bond acceptors (Lipinski definition) is 3.